The van der Waals surface area contributed by atoms with Crippen LogP contribution in [-0.4, -0.2) is 30.0 Å². The minimum Gasteiger partial charge on any atom is -0.490 e. The molecule has 1 atom stereocenters. The highest BCUT2D eigenvalue weighted by Crippen LogP contribution is 2.21. The number of hydrogen-bond acceptors (Lipinski definition) is 3. The summed E-state index contributed by atoms with van der Waals surface area (Å²) in [6.45, 7) is 1.23. The van der Waals surface area contributed by atoms with Crippen molar-refractivity contribution < 1.29 is 13.9 Å². The summed E-state index contributed by atoms with van der Waals surface area (Å²) in [5.41, 5.74) is 6.91. The summed E-state index contributed by atoms with van der Waals surface area (Å²) in [6.07, 6.45) is 1.52. The molecule has 0 radical (unpaired) electrons. The van der Waals surface area contributed by atoms with Crippen LogP contribution in [0.3, 0.4) is 0 Å². The molecule has 2 aromatic carbocycles. The highest BCUT2D eigenvalue weighted by Gasteiger charge is 2.27. The highest BCUT2D eigenvalue weighted by molar-refractivity contribution is 5.85. The summed E-state index contributed by atoms with van der Waals surface area (Å²) < 4.78 is 18.8. The Morgan fingerprint density at radius 2 is 1.68 bits per heavy atom. The third kappa shape index (κ3) is 4.94. The number of piperidine rings is 1. The molecule has 3 rings (SSSR count). The first-order valence-corrected chi connectivity index (χ1v) is 8.15. The van der Waals surface area contributed by atoms with Gasteiger partial charge < -0.3 is 15.4 Å². The van der Waals surface area contributed by atoms with E-state index in [1.54, 1.807) is 17.0 Å². The van der Waals surface area contributed by atoms with Crippen molar-refractivity contribution in [1.29, 1.82) is 0 Å². The molecule has 1 aliphatic heterocycles. The fourth-order valence-corrected chi connectivity index (χ4v) is 2.90. The van der Waals surface area contributed by atoms with Crippen LogP contribution >= 0.6 is 12.4 Å². The molecule has 1 heterocycles. The third-order valence-electron chi connectivity index (χ3n) is 4.29. The predicted octanol–water partition coefficient (Wildman–Crippen LogP) is 3.32. The van der Waals surface area contributed by atoms with Gasteiger partial charge in [0, 0.05) is 25.9 Å². The lowest BCUT2D eigenvalue weighted by molar-refractivity contribution is -0.134. The van der Waals surface area contributed by atoms with Crippen molar-refractivity contribution in [2.75, 3.05) is 13.1 Å². The maximum absolute atomic E-state index is 12.9. The SMILES string of the molecule is Cl.NC(C(=O)N1CCC(Oc2ccc(F)cc2)CC1)c1ccccc1. The van der Waals surface area contributed by atoms with Crippen LogP contribution in [0.15, 0.2) is 54.6 Å². The number of carbonyl (C=O) groups excluding carboxylic acids is 1. The van der Waals surface area contributed by atoms with Crippen molar-refractivity contribution in [2.24, 2.45) is 5.73 Å². The Morgan fingerprint density at radius 1 is 1.08 bits per heavy atom. The number of amides is 1. The number of carbonyl (C=O) groups is 1. The number of nitrogens with two attached hydrogens (primary N) is 1. The average Bonchev–Trinajstić information content (AvgIpc) is 2.64. The van der Waals surface area contributed by atoms with Gasteiger partial charge in [-0.1, -0.05) is 30.3 Å². The van der Waals surface area contributed by atoms with E-state index >= 15 is 0 Å². The van der Waals surface area contributed by atoms with Gasteiger partial charge in [-0.25, -0.2) is 4.39 Å². The van der Waals surface area contributed by atoms with Crippen molar-refractivity contribution in [3.8, 4) is 5.75 Å². The first-order valence-electron chi connectivity index (χ1n) is 8.15. The first-order chi connectivity index (χ1) is 11.6. The molecule has 0 spiro atoms. The van der Waals surface area contributed by atoms with Crippen LogP contribution in [0.4, 0.5) is 4.39 Å². The van der Waals surface area contributed by atoms with Gasteiger partial charge in [0.2, 0.25) is 5.91 Å². The van der Waals surface area contributed by atoms with Crippen LogP contribution in [0.5, 0.6) is 5.75 Å². The van der Waals surface area contributed by atoms with Gasteiger partial charge in [0.1, 0.15) is 23.7 Å². The third-order valence-corrected chi connectivity index (χ3v) is 4.29. The lowest BCUT2D eigenvalue weighted by atomic mass is 10.0. The lowest BCUT2D eigenvalue weighted by Crippen LogP contribution is -2.45. The second kappa shape index (κ2) is 8.83. The molecule has 1 amide bonds. The minimum absolute atomic E-state index is 0. The number of nitrogens with zero attached hydrogens (tertiary/aromatic N) is 1. The summed E-state index contributed by atoms with van der Waals surface area (Å²) >= 11 is 0. The van der Waals surface area contributed by atoms with E-state index in [-0.39, 0.29) is 30.2 Å². The zero-order chi connectivity index (χ0) is 16.9. The van der Waals surface area contributed by atoms with E-state index < -0.39 is 6.04 Å². The van der Waals surface area contributed by atoms with Crippen LogP contribution in [-0.2, 0) is 4.79 Å². The molecule has 1 unspecified atom stereocenters. The molecule has 1 aliphatic rings. The molecule has 2 aromatic rings. The fourth-order valence-electron chi connectivity index (χ4n) is 2.90. The smallest absolute Gasteiger partial charge is 0.244 e. The topological polar surface area (TPSA) is 55.6 Å². The van der Waals surface area contributed by atoms with Gasteiger partial charge in [-0.05, 0) is 29.8 Å². The van der Waals surface area contributed by atoms with Crippen molar-refractivity contribution >= 4 is 18.3 Å². The van der Waals surface area contributed by atoms with Gasteiger partial charge in [-0.2, -0.15) is 0 Å². The molecule has 0 aliphatic carbocycles. The Kier molecular flexibility index (Phi) is 6.79. The number of halogens is 2. The standard InChI is InChI=1S/C19H21FN2O2.ClH/c20-15-6-8-16(9-7-15)24-17-10-12-22(13-11-17)19(23)18(21)14-4-2-1-3-5-14;/h1-9,17-18H,10-13,21H2;1H. The monoisotopic (exact) mass is 364 g/mol. The van der Waals surface area contributed by atoms with Crippen LogP contribution < -0.4 is 10.5 Å². The summed E-state index contributed by atoms with van der Waals surface area (Å²) in [4.78, 5) is 14.3. The van der Waals surface area contributed by atoms with E-state index in [9.17, 15) is 9.18 Å². The van der Waals surface area contributed by atoms with Gasteiger partial charge in [-0.3, -0.25) is 4.79 Å². The van der Waals surface area contributed by atoms with Crippen LogP contribution in [0.2, 0.25) is 0 Å². The quantitative estimate of drug-likeness (QED) is 0.905. The van der Waals surface area contributed by atoms with Crippen molar-refractivity contribution in [1.82, 2.24) is 4.90 Å². The normalized spacial score (nSPS) is 16.0. The Hall–Kier alpha value is -2.11. The van der Waals surface area contributed by atoms with Crippen LogP contribution in [0.25, 0.3) is 0 Å². The molecular weight excluding hydrogens is 343 g/mol. The Bertz CT molecular complexity index is 674. The van der Waals surface area contributed by atoms with Crippen LogP contribution in [0.1, 0.15) is 24.4 Å². The van der Waals surface area contributed by atoms with E-state index in [0.29, 0.717) is 18.8 Å². The molecule has 2 N–H and O–H groups in total. The Morgan fingerprint density at radius 3 is 2.28 bits per heavy atom. The molecule has 1 fully saturated rings. The fraction of sp³-hybridized carbons (Fsp3) is 0.316. The number of rotatable bonds is 4. The van der Waals surface area contributed by atoms with E-state index in [1.807, 2.05) is 30.3 Å². The summed E-state index contributed by atoms with van der Waals surface area (Å²) in [5.74, 6) is 0.321. The van der Waals surface area contributed by atoms with Gasteiger partial charge in [0.25, 0.3) is 0 Å². The van der Waals surface area contributed by atoms with E-state index in [1.165, 1.54) is 12.1 Å². The van der Waals surface area contributed by atoms with Gasteiger partial charge in [0.05, 0.1) is 0 Å². The minimum atomic E-state index is -0.624. The van der Waals surface area contributed by atoms with Gasteiger partial charge in [0.15, 0.2) is 0 Å². The number of hydrogen-bond donors (Lipinski definition) is 1. The molecule has 6 heteroatoms. The largest absolute Gasteiger partial charge is 0.490 e. The second-order valence-electron chi connectivity index (χ2n) is 5.98. The van der Waals surface area contributed by atoms with Gasteiger partial charge in [-0.15, -0.1) is 12.4 Å². The van der Waals surface area contributed by atoms with Gasteiger partial charge >= 0.3 is 0 Å². The van der Waals surface area contributed by atoms with Crippen LogP contribution in [0, 0.1) is 5.82 Å². The van der Waals surface area contributed by atoms with E-state index in [2.05, 4.69) is 0 Å². The molecule has 4 nitrogen and oxygen atoms in total. The Balaban J connectivity index is 0.00000225. The number of benzene rings is 2. The van der Waals surface area contributed by atoms with Crippen molar-refractivity contribution in [2.45, 2.75) is 25.0 Å². The second-order valence-corrected chi connectivity index (χ2v) is 5.98. The molecular formula is C19H22ClFN2O2. The molecule has 25 heavy (non-hydrogen) atoms. The van der Waals surface area contributed by atoms with Crippen molar-refractivity contribution in [3.63, 3.8) is 0 Å². The molecule has 0 aromatic heterocycles. The maximum atomic E-state index is 12.9. The van der Waals surface area contributed by atoms with E-state index in [0.717, 1.165) is 18.4 Å². The summed E-state index contributed by atoms with van der Waals surface area (Å²) in [6, 6.07) is 14.8. The van der Waals surface area contributed by atoms with E-state index in [4.69, 9.17) is 10.5 Å². The average molecular weight is 365 g/mol. The molecule has 0 bridgehead atoms. The highest BCUT2D eigenvalue weighted by atomic mass is 35.5. The first kappa shape index (κ1) is 19.2. The predicted molar refractivity (Wildman–Crippen MR) is 97.2 cm³/mol. The molecule has 134 valence electrons. The molecule has 0 saturated carbocycles. The van der Waals surface area contributed by atoms with Crippen molar-refractivity contribution in [3.05, 3.63) is 66.0 Å². The summed E-state index contributed by atoms with van der Waals surface area (Å²) in [7, 11) is 0. The molecule has 1 saturated heterocycles. The summed E-state index contributed by atoms with van der Waals surface area (Å²) in [5, 5.41) is 0. The zero-order valence-electron chi connectivity index (χ0n) is 13.8. The number of ether oxygens (including phenoxy) is 1. The number of likely N-dealkylation sites (tertiary alicyclic amines) is 1. The Labute approximate surface area is 153 Å². The maximum Gasteiger partial charge on any atom is 0.244 e. The zero-order valence-corrected chi connectivity index (χ0v) is 14.6. The lowest BCUT2D eigenvalue weighted by Gasteiger charge is -2.33.